The van der Waals surface area contributed by atoms with Crippen LogP contribution >= 0.6 is 0 Å². The summed E-state index contributed by atoms with van der Waals surface area (Å²) in [6.45, 7) is 4.63. The normalized spacial score (nSPS) is 18.5. The average molecular weight is 233 g/mol. The lowest BCUT2D eigenvalue weighted by Gasteiger charge is -2.45. The second-order valence-corrected chi connectivity index (χ2v) is 5.06. The number of carbonyl (C=O) groups is 1. The summed E-state index contributed by atoms with van der Waals surface area (Å²) in [4.78, 5) is 13.7. The van der Waals surface area contributed by atoms with Gasteiger partial charge in [-0.05, 0) is 12.5 Å². The largest absolute Gasteiger partial charge is 0.351 e. The molecule has 1 heterocycles. The van der Waals surface area contributed by atoms with Crippen molar-refractivity contribution < 1.29 is 4.79 Å². The first kappa shape index (κ1) is 12.1. The van der Waals surface area contributed by atoms with Crippen molar-refractivity contribution in [1.29, 1.82) is 0 Å². The third-order valence-electron chi connectivity index (χ3n) is 2.87. The van der Waals surface area contributed by atoms with E-state index in [1.165, 1.54) is 0 Å². The molecule has 0 spiro atoms. The van der Waals surface area contributed by atoms with Crippen LogP contribution in [0.1, 0.15) is 12.5 Å². The van der Waals surface area contributed by atoms with Gasteiger partial charge in [0.05, 0.1) is 6.54 Å². The molecule has 2 rings (SSSR count). The van der Waals surface area contributed by atoms with Gasteiger partial charge in [0, 0.05) is 25.2 Å². The Balaban J connectivity index is 1.69. The molecule has 0 aliphatic carbocycles. The van der Waals surface area contributed by atoms with E-state index in [0.717, 1.165) is 18.7 Å². The molecule has 3 N–H and O–H groups in total. The van der Waals surface area contributed by atoms with Crippen LogP contribution in [0.5, 0.6) is 0 Å². The fourth-order valence-corrected chi connectivity index (χ4v) is 2.14. The minimum atomic E-state index is -0.111. The first-order valence-corrected chi connectivity index (χ1v) is 5.87. The quantitative estimate of drug-likeness (QED) is 0.788. The van der Waals surface area contributed by atoms with Gasteiger partial charge in [-0.3, -0.25) is 9.69 Å². The van der Waals surface area contributed by atoms with E-state index >= 15 is 0 Å². The zero-order chi connectivity index (χ0) is 12.3. The summed E-state index contributed by atoms with van der Waals surface area (Å²) < 4.78 is 0. The molecule has 92 valence electrons. The van der Waals surface area contributed by atoms with E-state index < -0.39 is 0 Å². The van der Waals surface area contributed by atoms with Crippen molar-refractivity contribution in [2.75, 3.05) is 19.6 Å². The molecule has 0 aromatic heterocycles. The van der Waals surface area contributed by atoms with Crippen LogP contribution in [0.15, 0.2) is 30.3 Å². The number of nitrogens with one attached hydrogen (secondary N) is 1. The van der Waals surface area contributed by atoms with E-state index in [9.17, 15) is 4.79 Å². The van der Waals surface area contributed by atoms with Gasteiger partial charge in [0.1, 0.15) is 0 Å². The lowest BCUT2D eigenvalue weighted by Crippen LogP contribution is -2.66. The Kier molecular flexibility index (Phi) is 3.45. The van der Waals surface area contributed by atoms with Gasteiger partial charge < -0.3 is 11.1 Å². The van der Waals surface area contributed by atoms with E-state index in [4.69, 9.17) is 5.73 Å². The van der Waals surface area contributed by atoms with Gasteiger partial charge >= 0.3 is 0 Å². The smallest absolute Gasteiger partial charge is 0.234 e. The van der Waals surface area contributed by atoms with Gasteiger partial charge in [0.2, 0.25) is 5.91 Å². The van der Waals surface area contributed by atoms with Gasteiger partial charge in [-0.2, -0.15) is 0 Å². The van der Waals surface area contributed by atoms with E-state index in [-0.39, 0.29) is 11.4 Å². The van der Waals surface area contributed by atoms with Gasteiger partial charge in [0.15, 0.2) is 0 Å². The van der Waals surface area contributed by atoms with Gasteiger partial charge in [-0.1, -0.05) is 30.3 Å². The van der Waals surface area contributed by atoms with Crippen molar-refractivity contribution in [3.63, 3.8) is 0 Å². The first-order chi connectivity index (χ1) is 8.05. The molecule has 4 heteroatoms. The van der Waals surface area contributed by atoms with Crippen LogP contribution < -0.4 is 11.1 Å². The molecule has 1 aliphatic heterocycles. The van der Waals surface area contributed by atoms with Gasteiger partial charge in [-0.25, -0.2) is 0 Å². The van der Waals surface area contributed by atoms with E-state index in [1.54, 1.807) is 0 Å². The number of amides is 1. The highest BCUT2D eigenvalue weighted by Crippen LogP contribution is 2.15. The van der Waals surface area contributed by atoms with Crippen molar-refractivity contribution in [2.45, 2.75) is 19.0 Å². The lowest BCUT2D eigenvalue weighted by molar-refractivity contribution is -0.124. The third-order valence-corrected chi connectivity index (χ3v) is 2.87. The van der Waals surface area contributed by atoms with Crippen molar-refractivity contribution >= 4 is 5.91 Å². The molecule has 17 heavy (non-hydrogen) atoms. The predicted octanol–water partition coefficient (Wildman–Crippen LogP) is 0.336. The Morgan fingerprint density at radius 3 is 2.65 bits per heavy atom. The fraction of sp³-hybridized carbons (Fsp3) is 0.462. The Morgan fingerprint density at radius 2 is 2.06 bits per heavy atom. The minimum Gasteiger partial charge on any atom is -0.351 e. The van der Waals surface area contributed by atoms with Crippen LogP contribution in [-0.4, -0.2) is 36.0 Å². The number of nitrogens with two attached hydrogens (primary N) is 1. The molecule has 0 saturated carbocycles. The molecule has 1 aromatic rings. The third kappa shape index (κ3) is 3.54. The molecule has 1 fully saturated rings. The molecule has 1 amide bonds. The summed E-state index contributed by atoms with van der Waals surface area (Å²) in [6.07, 6.45) is 0. The number of likely N-dealkylation sites (tertiary alicyclic amines) is 1. The Bertz CT molecular complexity index is 381. The van der Waals surface area contributed by atoms with Crippen LogP contribution in [0, 0.1) is 0 Å². The summed E-state index contributed by atoms with van der Waals surface area (Å²) in [5, 5.41) is 2.90. The highest BCUT2D eigenvalue weighted by atomic mass is 16.2. The molecule has 1 saturated heterocycles. The molecule has 0 unspecified atom stereocenters. The molecular formula is C13H19N3O. The maximum absolute atomic E-state index is 11.6. The Hall–Kier alpha value is -1.39. The molecule has 1 aromatic carbocycles. The van der Waals surface area contributed by atoms with Crippen LogP contribution in [0.3, 0.4) is 0 Å². The molecule has 0 bridgehead atoms. The van der Waals surface area contributed by atoms with Crippen LogP contribution in [-0.2, 0) is 11.3 Å². The highest BCUT2D eigenvalue weighted by Gasteiger charge is 2.35. The van der Waals surface area contributed by atoms with Crippen LogP contribution in [0.4, 0.5) is 0 Å². The standard InChI is InChI=1S/C13H19N3O/c1-13(14)9-16(10-13)8-12(17)15-7-11-5-3-2-4-6-11/h2-6H,7-10,14H2,1H3,(H,15,17). The average Bonchev–Trinajstić information content (AvgIpc) is 2.25. The SMILES string of the molecule is CC1(N)CN(CC(=O)NCc2ccccc2)C1. The Labute approximate surface area is 102 Å². The summed E-state index contributed by atoms with van der Waals surface area (Å²) >= 11 is 0. The van der Waals surface area contributed by atoms with Crippen molar-refractivity contribution in [3.8, 4) is 0 Å². The fourth-order valence-electron chi connectivity index (χ4n) is 2.14. The topological polar surface area (TPSA) is 58.4 Å². The minimum absolute atomic E-state index is 0.0596. The predicted molar refractivity (Wildman–Crippen MR) is 67.3 cm³/mol. The van der Waals surface area contributed by atoms with Gasteiger partial charge in [-0.15, -0.1) is 0 Å². The molecule has 0 atom stereocenters. The van der Waals surface area contributed by atoms with E-state index in [1.807, 2.05) is 37.3 Å². The molecule has 0 radical (unpaired) electrons. The summed E-state index contributed by atoms with van der Waals surface area (Å²) in [5.41, 5.74) is 6.89. The zero-order valence-corrected chi connectivity index (χ0v) is 10.1. The van der Waals surface area contributed by atoms with E-state index in [2.05, 4.69) is 10.2 Å². The Morgan fingerprint density at radius 1 is 1.41 bits per heavy atom. The second-order valence-electron chi connectivity index (χ2n) is 5.06. The van der Waals surface area contributed by atoms with Crippen molar-refractivity contribution in [1.82, 2.24) is 10.2 Å². The molecule has 1 aliphatic rings. The summed E-state index contributed by atoms with van der Waals surface area (Å²) in [6, 6.07) is 9.91. The summed E-state index contributed by atoms with van der Waals surface area (Å²) in [5.74, 6) is 0.0596. The molecular weight excluding hydrogens is 214 g/mol. The number of benzene rings is 1. The highest BCUT2D eigenvalue weighted by molar-refractivity contribution is 5.78. The second kappa shape index (κ2) is 4.85. The lowest BCUT2D eigenvalue weighted by atomic mass is 9.94. The maximum Gasteiger partial charge on any atom is 0.234 e. The van der Waals surface area contributed by atoms with Gasteiger partial charge in [0.25, 0.3) is 0 Å². The van der Waals surface area contributed by atoms with Crippen molar-refractivity contribution in [2.24, 2.45) is 5.73 Å². The first-order valence-electron chi connectivity index (χ1n) is 5.87. The number of rotatable bonds is 4. The van der Waals surface area contributed by atoms with E-state index in [0.29, 0.717) is 13.1 Å². The maximum atomic E-state index is 11.6. The van der Waals surface area contributed by atoms with Crippen molar-refractivity contribution in [3.05, 3.63) is 35.9 Å². The number of carbonyl (C=O) groups excluding carboxylic acids is 1. The molecule has 4 nitrogen and oxygen atoms in total. The van der Waals surface area contributed by atoms with Crippen LogP contribution in [0.25, 0.3) is 0 Å². The number of hydrogen-bond acceptors (Lipinski definition) is 3. The number of hydrogen-bond donors (Lipinski definition) is 2. The van der Waals surface area contributed by atoms with Crippen LogP contribution in [0.2, 0.25) is 0 Å². The summed E-state index contributed by atoms with van der Waals surface area (Å²) in [7, 11) is 0. The zero-order valence-electron chi connectivity index (χ0n) is 10.1. The number of nitrogens with zero attached hydrogens (tertiary/aromatic N) is 1. The monoisotopic (exact) mass is 233 g/mol.